The highest BCUT2D eigenvalue weighted by molar-refractivity contribution is 7.18. The van der Waals surface area contributed by atoms with E-state index in [4.69, 9.17) is 10.7 Å². The zero-order valence-corrected chi connectivity index (χ0v) is 22.5. The van der Waals surface area contributed by atoms with Crippen LogP contribution in [0.3, 0.4) is 0 Å². The summed E-state index contributed by atoms with van der Waals surface area (Å²) in [6, 6.07) is 19.1. The number of anilines is 1. The number of hydrogen-bond acceptors (Lipinski definition) is 7. The van der Waals surface area contributed by atoms with Gasteiger partial charge in [0.1, 0.15) is 11.8 Å². The van der Waals surface area contributed by atoms with Crippen LogP contribution in [0.15, 0.2) is 60.9 Å². The predicted octanol–water partition coefficient (Wildman–Crippen LogP) is 4.45. The van der Waals surface area contributed by atoms with Crippen molar-refractivity contribution in [3.05, 3.63) is 77.2 Å². The molecule has 8 nitrogen and oxygen atoms in total. The van der Waals surface area contributed by atoms with Crippen LogP contribution in [0.5, 0.6) is 0 Å². The van der Waals surface area contributed by atoms with Gasteiger partial charge < -0.3 is 10.6 Å². The lowest BCUT2D eigenvalue weighted by atomic mass is 9.93. The number of aromatic nitrogens is 4. The van der Waals surface area contributed by atoms with Crippen molar-refractivity contribution in [1.29, 1.82) is 0 Å². The van der Waals surface area contributed by atoms with E-state index in [1.165, 1.54) is 16.6 Å². The summed E-state index contributed by atoms with van der Waals surface area (Å²) in [5.41, 5.74) is 12.7. The average Bonchev–Trinajstić information content (AvgIpc) is 3.51. The summed E-state index contributed by atoms with van der Waals surface area (Å²) < 4.78 is 3.14. The van der Waals surface area contributed by atoms with Gasteiger partial charge in [-0.3, -0.25) is 9.69 Å². The summed E-state index contributed by atoms with van der Waals surface area (Å²) in [4.78, 5) is 25.3. The molecular formula is C29H31N7OS. The Morgan fingerprint density at radius 3 is 2.66 bits per heavy atom. The van der Waals surface area contributed by atoms with Crippen LogP contribution in [-0.4, -0.2) is 69.0 Å². The molecule has 0 spiro atoms. The van der Waals surface area contributed by atoms with Crippen LogP contribution in [-0.2, 0) is 11.2 Å². The fourth-order valence-corrected chi connectivity index (χ4v) is 6.29. The number of likely N-dealkylation sites (tertiary alicyclic amines) is 1. The number of nitrogens with two attached hydrogens (primary N) is 1. The Balaban J connectivity index is 1.30. The minimum Gasteiger partial charge on any atom is -0.382 e. The number of likely N-dealkylation sites (N-methyl/N-ethyl adjacent to an activating group) is 1. The Hall–Kier alpha value is -3.82. The second-order valence-corrected chi connectivity index (χ2v) is 11.3. The van der Waals surface area contributed by atoms with Crippen molar-refractivity contribution >= 4 is 38.8 Å². The van der Waals surface area contributed by atoms with Gasteiger partial charge in [-0.2, -0.15) is 5.10 Å². The number of rotatable bonds is 6. The largest absolute Gasteiger partial charge is 0.382 e. The summed E-state index contributed by atoms with van der Waals surface area (Å²) in [6.45, 7) is 2.22. The highest BCUT2D eigenvalue weighted by Crippen LogP contribution is 2.38. The van der Waals surface area contributed by atoms with Gasteiger partial charge in [-0.05, 0) is 55.3 Å². The molecule has 0 bridgehead atoms. The maximum absolute atomic E-state index is 12.2. The first-order chi connectivity index (χ1) is 18.5. The van der Waals surface area contributed by atoms with E-state index in [0.717, 1.165) is 65.2 Å². The predicted molar refractivity (Wildman–Crippen MR) is 152 cm³/mol. The van der Waals surface area contributed by atoms with Crippen LogP contribution >= 0.6 is 11.3 Å². The van der Waals surface area contributed by atoms with E-state index < -0.39 is 0 Å². The molecule has 0 atom stereocenters. The molecule has 1 aliphatic heterocycles. The molecule has 3 aromatic heterocycles. The molecule has 1 fully saturated rings. The van der Waals surface area contributed by atoms with Crippen molar-refractivity contribution in [3.8, 4) is 11.1 Å². The maximum atomic E-state index is 12.2. The Bertz CT molecular complexity index is 1600. The molecule has 1 aliphatic rings. The second-order valence-electron chi connectivity index (χ2n) is 10.2. The number of thiazole rings is 1. The number of amides is 1. The summed E-state index contributed by atoms with van der Waals surface area (Å²) in [6.07, 6.45) is 4.28. The van der Waals surface area contributed by atoms with Crippen molar-refractivity contribution in [2.75, 3.05) is 39.5 Å². The third-order valence-electron chi connectivity index (χ3n) is 7.41. The number of benzene rings is 2. The standard InChI is InChI=1S/C29H31N7OS/c1-34(2)27(37)17-35-12-10-20(11-13-35)24-16-22(28-29(30)31-18-32-36(24)28)21-8-9-25-23(15-21)33-26(38-25)14-19-6-4-3-5-7-19/h3-9,15-16,18,20H,10-14,17H2,1-2H3,(H2,30,31,32). The SMILES string of the molecule is CN(C)C(=O)CN1CCC(c2cc(-c3ccc4sc(Cc5ccccc5)nc4c3)c3c(N)ncnn23)CC1. The molecule has 0 unspecified atom stereocenters. The van der Waals surface area contributed by atoms with Crippen LogP contribution in [0.25, 0.3) is 26.9 Å². The molecule has 6 rings (SSSR count). The first-order valence-electron chi connectivity index (χ1n) is 12.9. The number of fused-ring (bicyclic) bond motifs is 2. The van der Waals surface area contributed by atoms with Crippen LogP contribution in [0.2, 0.25) is 0 Å². The smallest absolute Gasteiger partial charge is 0.236 e. The van der Waals surface area contributed by atoms with E-state index in [-0.39, 0.29) is 5.91 Å². The van der Waals surface area contributed by atoms with Gasteiger partial charge in [0.15, 0.2) is 5.82 Å². The van der Waals surface area contributed by atoms with Gasteiger partial charge in [0, 0.05) is 37.7 Å². The van der Waals surface area contributed by atoms with Gasteiger partial charge in [-0.1, -0.05) is 36.4 Å². The normalized spacial score (nSPS) is 14.9. The van der Waals surface area contributed by atoms with Crippen molar-refractivity contribution in [3.63, 3.8) is 0 Å². The number of piperidine rings is 1. The van der Waals surface area contributed by atoms with Crippen LogP contribution in [0, 0.1) is 0 Å². The van der Waals surface area contributed by atoms with Crippen molar-refractivity contribution in [2.45, 2.75) is 25.2 Å². The van der Waals surface area contributed by atoms with E-state index in [1.807, 2.05) is 10.6 Å². The summed E-state index contributed by atoms with van der Waals surface area (Å²) in [5.74, 6) is 0.943. The minimum atomic E-state index is 0.142. The fraction of sp³-hybridized carbons (Fsp3) is 0.310. The van der Waals surface area contributed by atoms with E-state index in [9.17, 15) is 4.79 Å². The number of nitrogen functional groups attached to an aromatic ring is 1. The highest BCUT2D eigenvalue weighted by Gasteiger charge is 2.27. The third-order valence-corrected chi connectivity index (χ3v) is 8.45. The van der Waals surface area contributed by atoms with Gasteiger partial charge in [-0.15, -0.1) is 11.3 Å². The second kappa shape index (κ2) is 10.2. The van der Waals surface area contributed by atoms with Gasteiger partial charge in [-0.25, -0.2) is 14.5 Å². The first kappa shape index (κ1) is 24.5. The molecule has 0 radical (unpaired) electrons. The van der Waals surface area contributed by atoms with Gasteiger partial charge in [0.25, 0.3) is 0 Å². The number of carbonyl (C=O) groups excluding carboxylic acids is 1. The molecule has 2 aromatic carbocycles. The van der Waals surface area contributed by atoms with Gasteiger partial charge >= 0.3 is 0 Å². The quantitative estimate of drug-likeness (QED) is 0.352. The minimum absolute atomic E-state index is 0.142. The first-order valence-corrected chi connectivity index (χ1v) is 13.8. The Labute approximate surface area is 225 Å². The van der Waals surface area contributed by atoms with E-state index >= 15 is 0 Å². The van der Waals surface area contributed by atoms with Crippen LogP contribution in [0.1, 0.15) is 35.0 Å². The monoisotopic (exact) mass is 525 g/mol. The highest BCUT2D eigenvalue weighted by atomic mass is 32.1. The van der Waals surface area contributed by atoms with E-state index in [1.54, 1.807) is 30.3 Å². The molecule has 1 amide bonds. The third kappa shape index (κ3) is 4.75. The number of hydrogen-bond donors (Lipinski definition) is 1. The van der Waals surface area contributed by atoms with E-state index in [2.05, 4.69) is 63.5 Å². The van der Waals surface area contributed by atoms with Crippen LogP contribution in [0.4, 0.5) is 5.82 Å². The Morgan fingerprint density at radius 1 is 1.11 bits per heavy atom. The average molecular weight is 526 g/mol. The molecule has 5 aromatic rings. The molecular weight excluding hydrogens is 494 g/mol. The van der Waals surface area contributed by atoms with Crippen molar-refractivity contribution in [1.82, 2.24) is 29.4 Å². The molecule has 4 heterocycles. The lowest BCUT2D eigenvalue weighted by molar-refractivity contribution is -0.130. The molecule has 0 saturated carbocycles. The summed E-state index contributed by atoms with van der Waals surface area (Å²) in [7, 11) is 3.61. The number of nitrogens with zero attached hydrogens (tertiary/aromatic N) is 6. The molecule has 9 heteroatoms. The lowest BCUT2D eigenvalue weighted by Crippen LogP contribution is -2.40. The lowest BCUT2D eigenvalue weighted by Gasteiger charge is -2.31. The molecule has 194 valence electrons. The van der Waals surface area contributed by atoms with Crippen molar-refractivity contribution in [2.24, 2.45) is 0 Å². The Kier molecular flexibility index (Phi) is 6.55. The summed E-state index contributed by atoms with van der Waals surface area (Å²) in [5, 5.41) is 5.71. The van der Waals surface area contributed by atoms with Crippen molar-refractivity contribution < 1.29 is 4.79 Å². The molecule has 2 N–H and O–H groups in total. The zero-order chi connectivity index (χ0) is 26.2. The van der Waals surface area contributed by atoms with Gasteiger partial charge in [0.2, 0.25) is 5.91 Å². The van der Waals surface area contributed by atoms with Gasteiger partial charge in [0.05, 0.1) is 21.8 Å². The topological polar surface area (TPSA) is 92.7 Å². The maximum Gasteiger partial charge on any atom is 0.236 e. The Morgan fingerprint density at radius 2 is 1.89 bits per heavy atom. The van der Waals surface area contributed by atoms with E-state index in [0.29, 0.717) is 18.3 Å². The summed E-state index contributed by atoms with van der Waals surface area (Å²) >= 11 is 1.74. The zero-order valence-electron chi connectivity index (χ0n) is 21.7. The molecule has 0 aliphatic carbocycles. The fourth-order valence-electron chi connectivity index (χ4n) is 5.31. The molecule has 1 saturated heterocycles. The number of carbonyl (C=O) groups is 1. The molecule has 38 heavy (non-hydrogen) atoms. The van der Waals surface area contributed by atoms with Crippen LogP contribution < -0.4 is 5.73 Å².